The standard InChI is InChI=1S/C71H70BN3S/c1-45-23-30-51(31-24-45)73(52-32-25-47(26-33-52)68(2,3)4)54-36-38-59-61(44-54)74(60-39-29-49(70(8,9)10)41-57(60)46-19-15-14-16-20-46)62-43-50(71(11,12)13)42-58-55-37-40-64-65(56-21-17-18-22-63(56)76-64)67(55)75(72(59)66(58)62)53-34-27-48(28-35-53)69(5,6)7/h14-44H,1-13H3. The van der Waals surface area contributed by atoms with Crippen molar-refractivity contribution in [2.75, 3.05) is 14.6 Å². The van der Waals surface area contributed by atoms with E-state index < -0.39 is 0 Å². The molecule has 1 aromatic heterocycles. The van der Waals surface area contributed by atoms with E-state index in [2.05, 4.69) is 293 Å². The van der Waals surface area contributed by atoms with Crippen molar-refractivity contribution in [2.24, 2.45) is 0 Å². The van der Waals surface area contributed by atoms with Crippen LogP contribution in [0.2, 0.25) is 0 Å². The minimum absolute atomic E-state index is 0.00200. The highest BCUT2D eigenvalue weighted by molar-refractivity contribution is 7.26. The van der Waals surface area contributed by atoms with Crippen molar-refractivity contribution in [1.82, 2.24) is 0 Å². The summed E-state index contributed by atoms with van der Waals surface area (Å²) in [5.74, 6) is 0. The first-order valence-corrected chi connectivity index (χ1v) is 28.1. The zero-order valence-corrected chi connectivity index (χ0v) is 47.5. The monoisotopic (exact) mass is 1010 g/mol. The van der Waals surface area contributed by atoms with Crippen LogP contribution in [0.3, 0.4) is 0 Å². The zero-order chi connectivity index (χ0) is 53.2. The smallest absolute Gasteiger partial charge is 0.333 e. The van der Waals surface area contributed by atoms with Gasteiger partial charge < -0.3 is 14.6 Å². The lowest BCUT2D eigenvalue weighted by molar-refractivity contribution is 0.590. The Bertz CT molecular complexity index is 3860. The van der Waals surface area contributed by atoms with Crippen LogP contribution in [0.25, 0.3) is 42.4 Å². The van der Waals surface area contributed by atoms with Gasteiger partial charge in [0.2, 0.25) is 0 Å². The molecular formula is C71H70BN3S. The lowest BCUT2D eigenvalue weighted by Gasteiger charge is -2.47. The number of fused-ring (bicyclic) bond motifs is 8. The van der Waals surface area contributed by atoms with Crippen LogP contribution in [0.4, 0.5) is 45.5 Å². The van der Waals surface area contributed by atoms with Gasteiger partial charge in [0.1, 0.15) is 0 Å². The molecule has 0 unspecified atom stereocenters. The highest BCUT2D eigenvalue weighted by Gasteiger charge is 2.47. The normalized spacial score (nSPS) is 13.5. The highest BCUT2D eigenvalue weighted by atomic mass is 32.1. The molecule has 378 valence electrons. The molecule has 9 aromatic carbocycles. The van der Waals surface area contributed by atoms with Gasteiger partial charge in [-0.15, -0.1) is 11.3 Å². The van der Waals surface area contributed by atoms with Gasteiger partial charge in [-0.25, -0.2) is 0 Å². The summed E-state index contributed by atoms with van der Waals surface area (Å²) in [7, 11) is 0. The molecule has 5 heteroatoms. The summed E-state index contributed by atoms with van der Waals surface area (Å²) in [6.07, 6.45) is 0. The molecule has 0 amide bonds. The molecule has 0 saturated carbocycles. The number of thiophene rings is 1. The third-order valence-corrected chi connectivity index (χ3v) is 17.3. The van der Waals surface area contributed by atoms with Gasteiger partial charge in [0.05, 0.1) is 5.69 Å². The summed E-state index contributed by atoms with van der Waals surface area (Å²) >= 11 is 1.90. The van der Waals surface area contributed by atoms with E-state index in [0.717, 1.165) is 22.7 Å². The number of benzene rings is 9. The molecule has 0 saturated heterocycles. The Balaban J connectivity index is 1.23. The van der Waals surface area contributed by atoms with Crippen LogP contribution in [-0.2, 0) is 21.7 Å². The van der Waals surface area contributed by atoms with Crippen molar-refractivity contribution < 1.29 is 0 Å². The second kappa shape index (κ2) is 17.9. The van der Waals surface area contributed by atoms with Gasteiger partial charge in [-0.1, -0.05) is 198 Å². The van der Waals surface area contributed by atoms with Crippen molar-refractivity contribution in [1.29, 1.82) is 0 Å². The Labute approximate surface area is 456 Å². The first kappa shape index (κ1) is 49.5. The predicted octanol–water partition coefficient (Wildman–Crippen LogP) is 19.4. The zero-order valence-electron chi connectivity index (χ0n) is 46.7. The minimum Gasteiger partial charge on any atom is -0.376 e. The van der Waals surface area contributed by atoms with E-state index in [4.69, 9.17) is 0 Å². The van der Waals surface area contributed by atoms with Crippen LogP contribution < -0.4 is 25.5 Å². The van der Waals surface area contributed by atoms with Crippen molar-refractivity contribution in [3.63, 3.8) is 0 Å². The fourth-order valence-corrected chi connectivity index (χ4v) is 12.9. The molecule has 3 heterocycles. The number of aryl methyl sites for hydroxylation is 1. The average Bonchev–Trinajstić information content (AvgIpc) is 3.88. The summed E-state index contributed by atoms with van der Waals surface area (Å²) in [6, 6.07) is 72.4. The molecule has 12 rings (SSSR count). The fourth-order valence-electron chi connectivity index (χ4n) is 11.8. The molecular weight excluding hydrogens is 938 g/mol. The summed E-state index contributed by atoms with van der Waals surface area (Å²) < 4.78 is 2.61. The van der Waals surface area contributed by atoms with Crippen molar-refractivity contribution in [2.45, 2.75) is 112 Å². The molecule has 0 atom stereocenters. The van der Waals surface area contributed by atoms with Crippen molar-refractivity contribution in [3.05, 3.63) is 216 Å². The van der Waals surface area contributed by atoms with Crippen molar-refractivity contribution in [3.8, 4) is 22.3 Å². The molecule has 0 spiro atoms. The summed E-state index contributed by atoms with van der Waals surface area (Å²) in [5, 5.41) is 2.62. The Morgan fingerprint density at radius 2 is 0.987 bits per heavy atom. The molecule has 76 heavy (non-hydrogen) atoms. The second-order valence-electron chi connectivity index (χ2n) is 25.6. The maximum absolute atomic E-state index is 2.73. The molecule has 0 aliphatic carbocycles. The maximum atomic E-state index is 2.73. The van der Waals surface area contributed by atoms with E-state index >= 15 is 0 Å². The summed E-state index contributed by atoms with van der Waals surface area (Å²) in [5.41, 5.74) is 23.2. The third kappa shape index (κ3) is 8.43. The molecule has 0 N–H and O–H groups in total. The fraction of sp³-hybridized carbons (Fsp3) is 0.239. The quantitative estimate of drug-likeness (QED) is 0.154. The van der Waals surface area contributed by atoms with Gasteiger partial charge >= 0.3 is 6.85 Å². The summed E-state index contributed by atoms with van der Waals surface area (Å²) in [6.45, 7) is 29.9. The Morgan fingerprint density at radius 3 is 1.63 bits per heavy atom. The van der Waals surface area contributed by atoms with E-state index in [1.807, 2.05) is 11.3 Å². The predicted molar refractivity (Wildman–Crippen MR) is 333 cm³/mol. The maximum Gasteiger partial charge on any atom is 0.333 e. The molecule has 3 nitrogen and oxygen atoms in total. The van der Waals surface area contributed by atoms with Gasteiger partial charge in [-0.2, -0.15) is 0 Å². The van der Waals surface area contributed by atoms with Crippen molar-refractivity contribution >= 4 is 94.8 Å². The van der Waals surface area contributed by atoms with Gasteiger partial charge in [0.15, 0.2) is 0 Å². The van der Waals surface area contributed by atoms with Crippen LogP contribution in [0.5, 0.6) is 0 Å². The Kier molecular flexibility index (Phi) is 11.7. The summed E-state index contributed by atoms with van der Waals surface area (Å²) in [4.78, 5) is 7.84. The van der Waals surface area contributed by atoms with Crippen LogP contribution in [-0.4, -0.2) is 6.85 Å². The number of hydrogen-bond acceptors (Lipinski definition) is 4. The molecule has 10 aromatic rings. The average molecular weight is 1010 g/mol. The van der Waals surface area contributed by atoms with Gasteiger partial charge in [-0.05, 0) is 152 Å². The van der Waals surface area contributed by atoms with Gasteiger partial charge in [0, 0.05) is 71.1 Å². The SMILES string of the molecule is Cc1ccc(N(c2ccc(C(C)(C)C)cc2)c2ccc3c(c2)N(c2ccc(C(C)(C)C)cc2-c2ccccc2)c2cc(C(C)(C)C)cc4c2B3N(c2ccc(C(C)(C)C)cc2)c2c-4ccc3sc4ccccc4c23)cc1. The molecule has 2 aliphatic rings. The number of anilines is 8. The van der Waals surface area contributed by atoms with E-state index in [1.54, 1.807) is 0 Å². The molecule has 0 fully saturated rings. The Hall–Kier alpha value is -7.34. The number of rotatable bonds is 6. The molecule has 2 aliphatic heterocycles. The van der Waals surface area contributed by atoms with E-state index in [0.29, 0.717) is 0 Å². The highest BCUT2D eigenvalue weighted by Crippen LogP contribution is 2.54. The number of nitrogens with zero attached hydrogens (tertiary/aromatic N) is 3. The van der Waals surface area contributed by atoms with Crippen LogP contribution in [0, 0.1) is 6.92 Å². The van der Waals surface area contributed by atoms with E-state index in [-0.39, 0.29) is 28.5 Å². The van der Waals surface area contributed by atoms with Gasteiger partial charge in [-0.3, -0.25) is 0 Å². The third-order valence-electron chi connectivity index (χ3n) is 16.1. The van der Waals surface area contributed by atoms with Crippen LogP contribution >= 0.6 is 11.3 Å². The number of hydrogen-bond donors (Lipinski definition) is 0. The van der Waals surface area contributed by atoms with E-state index in [1.165, 1.54) is 104 Å². The van der Waals surface area contributed by atoms with E-state index in [9.17, 15) is 0 Å². The first-order valence-electron chi connectivity index (χ1n) is 27.3. The lowest BCUT2D eigenvalue weighted by Crippen LogP contribution is -2.61. The first-order chi connectivity index (χ1) is 36.1. The molecule has 0 radical (unpaired) electrons. The van der Waals surface area contributed by atoms with Crippen LogP contribution in [0.1, 0.15) is 111 Å². The molecule has 0 bridgehead atoms. The minimum atomic E-state index is -0.176. The van der Waals surface area contributed by atoms with Gasteiger partial charge in [0.25, 0.3) is 0 Å². The second-order valence-corrected chi connectivity index (χ2v) is 26.7. The largest absolute Gasteiger partial charge is 0.376 e. The topological polar surface area (TPSA) is 9.72 Å². The van der Waals surface area contributed by atoms with Crippen LogP contribution in [0.15, 0.2) is 188 Å². The Morgan fingerprint density at radius 1 is 0.421 bits per heavy atom. The lowest BCUT2D eigenvalue weighted by atomic mass is 9.43.